The Morgan fingerprint density at radius 2 is 1.77 bits per heavy atom. The van der Waals surface area contributed by atoms with Crippen molar-refractivity contribution in [1.29, 1.82) is 0 Å². The fourth-order valence-corrected chi connectivity index (χ4v) is 4.07. The summed E-state index contributed by atoms with van der Waals surface area (Å²) in [6.07, 6.45) is -4.79. The molecule has 13 heteroatoms. The maximum atomic E-state index is 13.1. The third-order valence-corrected chi connectivity index (χ3v) is 5.76. The van der Waals surface area contributed by atoms with E-state index in [1.165, 1.54) is 37.3 Å². The highest BCUT2D eigenvalue weighted by molar-refractivity contribution is 7.22. The van der Waals surface area contributed by atoms with Crippen molar-refractivity contribution < 1.29 is 32.2 Å². The van der Waals surface area contributed by atoms with E-state index in [-0.39, 0.29) is 30.7 Å². The van der Waals surface area contributed by atoms with Crippen LogP contribution in [0.3, 0.4) is 0 Å². The Balaban J connectivity index is 0.00000432. The summed E-state index contributed by atoms with van der Waals surface area (Å²) in [4.78, 5) is 20.9. The molecule has 0 fully saturated rings. The molecule has 2 aromatic carbocycles. The van der Waals surface area contributed by atoms with Gasteiger partial charge >= 0.3 is 12.4 Å². The highest BCUT2D eigenvalue weighted by Crippen LogP contribution is 2.33. The fraction of sp³-hybridized carbons (Fsp3) is 0.364. The van der Waals surface area contributed by atoms with Crippen LogP contribution in [0.5, 0.6) is 17.2 Å². The number of methoxy groups -OCH3 is 2. The second-order valence-electron chi connectivity index (χ2n) is 7.48. The number of nitrogens with zero attached hydrogens (tertiary/aromatic N) is 3. The molecule has 0 saturated carbocycles. The van der Waals surface area contributed by atoms with E-state index >= 15 is 0 Å². The molecule has 0 radical (unpaired) electrons. The molecule has 0 bridgehead atoms. The van der Waals surface area contributed by atoms with Gasteiger partial charge in [-0.3, -0.25) is 4.90 Å². The molecule has 2 amide bonds. The van der Waals surface area contributed by atoms with E-state index in [1.54, 1.807) is 12.1 Å². The SMILES string of the molecule is COc1ccc(CNC(=O)N(CCN(C)C)c2nc3ccc(OC(F)(F)F)cc3s2)cc1OC.Cl. The predicted octanol–water partition coefficient (Wildman–Crippen LogP) is 4.91. The van der Waals surface area contributed by atoms with Crippen LogP contribution in [-0.4, -0.2) is 63.7 Å². The van der Waals surface area contributed by atoms with Crippen molar-refractivity contribution in [2.45, 2.75) is 12.9 Å². The Bertz CT molecular complexity index is 1140. The molecule has 0 unspecified atom stereocenters. The van der Waals surface area contributed by atoms with Crippen LogP contribution in [0.15, 0.2) is 36.4 Å². The number of aromatic nitrogens is 1. The minimum atomic E-state index is -4.79. The van der Waals surface area contributed by atoms with Gasteiger partial charge in [0, 0.05) is 25.7 Å². The van der Waals surface area contributed by atoms with Crippen LogP contribution < -0.4 is 24.4 Å². The number of alkyl halides is 3. The van der Waals surface area contributed by atoms with E-state index < -0.39 is 6.36 Å². The Hall–Kier alpha value is -2.96. The van der Waals surface area contributed by atoms with Gasteiger partial charge in [-0.15, -0.1) is 25.6 Å². The Morgan fingerprint density at radius 1 is 1.06 bits per heavy atom. The number of hydrogen-bond donors (Lipinski definition) is 1. The maximum absolute atomic E-state index is 13.1. The second-order valence-corrected chi connectivity index (χ2v) is 8.49. The lowest BCUT2D eigenvalue weighted by Gasteiger charge is -2.22. The normalized spacial score (nSPS) is 11.2. The van der Waals surface area contributed by atoms with Gasteiger partial charge in [0.1, 0.15) is 5.75 Å². The molecular weight excluding hydrogens is 509 g/mol. The van der Waals surface area contributed by atoms with E-state index in [4.69, 9.17) is 9.47 Å². The molecule has 3 aromatic rings. The van der Waals surface area contributed by atoms with Crippen LogP contribution in [0, 0.1) is 0 Å². The fourth-order valence-electron chi connectivity index (χ4n) is 3.05. The first kappa shape index (κ1) is 28.3. The van der Waals surface area contributed by atoms with Gasteiger partial charge < -0.3 is 24.4 Å². The summed E-state index contributed by atoms with van der Waals surface area (Å²) in [5.74, 6) is 0.781. The van der Waals surface area contributed by atoms with Gasteiger partial charge in [-0.1, -0.05) is 17.4 Å². The number of carbonyl (C=O) groups excluding carboxylic acids is 1. The zero-order valence-corrected chi connectivity index (χ0v) is 21.1. The Kier molecular flexibility index (Phi) is 9.81. The van der Waals surface area contributed by atoms with Gasteiger partial charge in [-0.05, 0) is 43.9 Å². The maximum Gasteiger partial charge on any atom is 0.573 e. The van der Waals surface area contributed by atoms with E-state index in [1.807, 2.05) is 25.1 Å². The number of hydrogen-bond acceptors (Lipinski definition) is 7. The van der Waals surface area contributed by atoms with Crippen molar-refractivity contribution in [3.05, 3.63) is 42.0 Å². The van der Waals surface area contributed by atoms with E-state index in [0.717, 1.165) is 16.9 Å². The molecule has 1 N–H and O–H groups in total. The highest BCUT2D eigenvalue weighted by Gasteiger charge is 2.31. The van der Waals surface area contributed by atoms with E-state index in [9.17, 15) is 18.0 Å². The molecule has 0 aliphatic heterocycles. The molecule has 0 atom stereocenters. The molecule has 35 heavy (non-hydrogen) atoms. The second kappa shape index (κ2) is 12.1. The van der Waals surface area contributed by atoms with Crippen molar-refractivity contribution in [1.82, 2.24) is 15.2 Å². The third kappa shape index (κ3) is 7.77. The smallest absolute Gasteiger partial charge is 0.493 e. The predicted molar refractivity (Wildman–Crippen MR) is 131 cm³/mol. The number of amides is 2. The number of halogens is 4. The zero-order chi connectivity index (χ0) is 24.9. The van der Waals surface area contributed by atoms with Crippen LogP contribution in [0.4, 0.5) is 23.1 Å². The number of thiazole rings is 1. The molecule has 3 rings (SSSR count). The average Bonchev–Trinajstić information content (AvgIpc) is 3.19. The summed E-state index contributed by atoms with van der Waals surface area (Å²) in [6.45, 7) is 1.12. The van der Waals surface area contributed by atoms with Crippen molar-refractivity contribution in [2.24, 2.45) is 0 Å². The molecular formula is C22H26ClF3N4O4S. The van der Waals surface area contributed by atoms with Gasteiger partial charge in [-0.2, -0.15) is 0 Å². The van der Waals surface area contributed by atoms with Gasteiger partial charge in [0.05, 0.1) is 24.4 Å². The quantitative estimate of drug-likeness (QED) is 0.420. The topological polar surface area (TPSA) is 76.2 Å². The summed E-state index contributed by atoms with van der Waals surface area (Å²) in [5.41, 5.74) is 1.27. The van der Waals surface area contributed by atoms with Crippen LogP contribution in [0.1, 0.15) is 5.56 Å². The van der Waals surface area contributed by atoms with E-state index in [2.05, 4.69) is 15.0 Å². The van der Waals surface area contributed by atoms with Crippen LogP contribution >= 0.6 is 23.7 Å². The van der Waals surface area contributed by atoms with Crippen LogP contribution in [0.2, 0.25) is 0 Å². The molecule has 0 saturated heterocycles. The summed E-state index contributed by atoms with van der Waals surface area (Å²) in [7, 11) is 6.82. The van der Waals surface area contributed by atoms with Crippen LogP contribution in [0.25, 0.3) is 10.2 Å². The molecule has 0 aliphatic rings. The minimum Gasteiger partial charge on any atom is -0.493 e. The first-order chi connectivity index (χ1) is 16.1. The van der Waals surface area contributed by atoms with Crippen molar-refractivity contribution in [2.75, 3.05) is 46.3 Å². The molecule has 1 heterocycles. The number of fused-ring (bicyclic) bond motifs is 1. The number of anilines is 1. The highest BCUT2D eigenvalue weighted by atomic mass is 35.5. The van der Waals surface area contributed by atoms with Gasteiger partial charge in [0.2, 0.25) is 0 Å². The largest absolute Gasteiger partial charge is 0.573 e. The van der Waals surface area contributed by atoms with E-state index in [0.29, 0.717) is 39.9 Å². The molecule has 0 aliphatic carbocycles. The summed E-state index contributed by atoms with van der Waals surface area (Å²) in [6, 6.07) is 8.83. The number of urea groups is 1. The van der Waals surface area contributed by atoms with Crippen LogP contribution in [-0.2, 0) is 6.54 Å². The van der Waals surface area contributed by atoms with Crippen molar-refractivity contribution in [3.8, 4) is 17.2 Å². The summed E-state index contributed by atoms with van der Waals surface area (Å²) in [5, 5.41) is 3.23. The number of likely N-dealkylation sites (N-methyl/N-ethyl adjacent to an activating group) is 1. The Morgan fingerprint density at radius 3 is 2.40 bits per heavy atom. The third-order valence-electron chi connectivity index (χ3n) is 4.72. The molecule has 0 spiro atoms. The number of rotatable bonds is 9. The minimum absolute atomic E-state index is 0. The number of ether oxygens (including phenoxy) is 3. The Labute approximate surface area is 211 Å². The monoisotopic (exact) mass is 534 g/mol. The summed E-state index contributed by atoms with van der Waals surface area (Å²) >= 11 is 1.11. The lowest BCUT2D eigenvalue weighted by Crippen LogP contribution is -2.43. The van der Waals surface area contributed by atoms with Crippen molar-refractivity contribution >= 4 is 45.1 Å². The number of carbonyl (C=O) groups is 1. The molecule has 1 aromatic heterocycles. The zero-order valence-electron chi connectivity index (χ0n) is 19.5. The van der Waals surface area contributed by atoms with Crippen molar-refractivity contribution in [3.63, 3.8) is 0 Å². The summed E-state index contributed by atoms with van der Waals surface area (Å²) < 4.78 is 52.7. The number of nitrogens with one attached hydrogen (secondary N) is 1. The first-order valence-corrected chi connectivity index (χ1v) is 11.0. The molecule has 8 nitrogen and oxygen atoms in total. The standard InChI is InChI=1S/C22H25F3N4O4S.ClH/c1-28(2)9-10-29(20(30)26-13-14-5-8-17(31-3)18(11-14)32-4)21-27-16-7-6-15(12-19(16)34-21)33-22(23,24)25;/h5-8,11-12H,9-10,13H2,1-4H3,(H,26,30);1H. The number of benzene rings is 2. The average molecular weight is 535 g/mol. The first-order valence-electron chi connectivity index (χ1n) is 10.2. The van der Waals surface area contributed by atoms with Gasteiger partial charge in [0.15, 0.2) is 16.6 Å². The van der Waals surface area contributed by atoms with Gasteiger partial charge in [0.25, 0.3) is 0 Å². The van der Waals surface area contributed by atoms with Gasteiger partial charge in [-0.25, -0.2) is 9.78 Å². The lowest BCUT2D eigenvalue weighted by molar-refractivity contribution is -0.274. The molecule has 192 valence electrons. The lowest BCUT2D eigenvalue weighted by atomic mass is 10.2.